The number of likely N-dealkylation sites (tertiary alicyclic amines) is 1. The van der Waals surface area contributed by atoms with Crippen molar-refractivity contribution in [2.75, 3.05) is 6.54 Å². The molecule has 0 saturated carbocycles. The van der Waals surface area contributed by atoms with Crippen LogP contribution in [-0.4, -0.2) is 33.7 Å². The molecule has 0 spiro atoms. The third-order valence-electron chi connectivity index (χ3n) is 5.67. The lowest BCUT2D eigenvalue weighted by atomic mass is 9.78. The molecule has 1 saturated heterocycles. The lowest BCUT2D eigenvalue weighted by molar-refractivity contribution is -0.0810. The molecule has 1 N–H and O–H groups in total. The fraction of sp³-hybridized carbons (Fsp3) is 1.00. The summed E-state index contributed by atoms with van der Waals surface area (Å²) in [5, 5.41) is 10.1. The zero-order valence-corrected chi connectivity index (χ0v) is 16.7. The normalized spacial score (nSPS) is 21.7. The smallest absolute Gasteiger partial charge is 0.0575 e. The zero-order chi connectivity index (χ0) is 17.3. The van der Waals surface area contributed by atoms with Crippen LogP contribution in [0.25, 0.3) is 0 Å². The summed E-state index contributed by atoms with van der Waals surface area (Å²) in [6, 6.07) is 0. The Bertz CT molecular complexity index is 293. The van der Waals surface area contributed by atoms with Crippen LogP contribution >= 0.6 is 0 Å². The van der Waals surface area contributed by atoms with E-state index in [2.05, 4.69) is 39.5 Å². The highest BCUT2D eigenvalue weighted by Gasteiger charge is 2.44. The fourth-order valence-corrected chi connectivity index (χ4v) is 4.63. The summed E-state index contributed by atoms with van der Waals surface area (Å²) in [5.74, 6) is 0. The summed E-state index contributed by atoms with van der Waals surface area (Å²) in [6.45, 7) is 12.7. The van der Waals surface area contributed by atoms with E-state index < -0.39 is 0 Å². The van der Waals surface area contributed by atoms with Crippen molar-refractivity contribution in [3.8, 4) is 0 Å². The molecule has 0 amide bonds. The highest BCUT2D eigenvalue weighted by molar-refractivity contribution is 4.99. The van der Waals surface area contributed by atoms with Crippen molar-refractivity contribution in [1.82, 2.24) is 4.90 Å². The Morgan fingerprint density at radius 3 is 1.57 bits per heavy atom. The molecule has 1 rings (SSSR count). The van der Waals surface area contributed by atoms with Gasteiger partial charge in [-0.25, -0.2) is 0 Å². The molecule has 0 aromatic heterocycles. The number of aliphatic hydroxyl groups excluding tert-OH is 1. The lowest BCUT2D eigenvalue weighted by Crippen LogP contribution is -2.61. The number of hydrogen-bond acceptors (Lipinski definition) is 2. The van der Waals surface area contributed by atoms with Crippen molar-refractivity contribution < 1.29 is 5.11 Å². The van der Waals surface area contributed by atoms with Gasteiger partial charge in [-0.15, -0.1) is 0 Å². The van der Waals surface area contributed by atoms with Crippen LogP contribution in [-0.2, 0) is 0 Å². The molecule has 0 aliphatic carbocycles. The molecular formula is C21H43NO. The van der Waals surface area contributed by atoms with E-state index in [0.717, 1.165) is 12.8 Å². The van der Waals surface area contributed by atoms with Crippen molar-refractivity contribution in [3.63, 3.8) is 0 Å². The van der Waals surface area contributed by atoms with E-state index in [1.54, 1.807) is 0 Å². The molecule has 0 unspecified atom stereocenters. The van der Waals surface area contributed by atoms with Gasteiger partial charge in [-0.1, -0.05) is 64.7 Å². The minimum absolute atomic E-state index is 0.125. The van der Waals surface area contributed by atoms with E-state index in [1.807, 2.05) is 0 Å². The summed E-state index contributed by atoms with van der Waals surface area (Å²) >= 11 is 0. The van der Waals surface area contributed by atoms with Crippen molar-refractivity contribution >= 4 is 0 Å². The molecule has 1 heterocycles. The van der Waals surface area contributed by atoms with Gasteiger partial charge in [-0.05, 0) is 53.5 Å². The highest BCUT2D eigenvalue weighted by Crippen LogP contribution is 2.38. The summed E-state index contributed by atoms with van der Waals surface area (Å²) < 4.78 is 0. The van der Waals surface area contributed by atoms with Gasteiger partial charge < -0.3 is 5.11 Å². The zero-order valence-electron chi connectivity index (χ0n) is 16.7. The Morgan fingerprint density at radius 2 is 1.13 bits per heavy atom. The summed E-state index contributed by atoms with van der Waals surface area (Å²) in [7, 11) is 0. The first-order chi connectivity index (χ1) is 10.8. The fourth-order valence-electron chi connectivity index (χ4n) is 4.63. The molecule has 138 valence electrons. The molecular weight excluding hydrogens is 282 g/mol. The van der Waals surface area contributed by atoms with Crippen LogP contribution in [0, 0.1) is 0 Å². The molecule has 0 aromatic carbocycles. The number of nitrogens with zero attached hydrogens (tertiary/aromatic N) is 1. The van der Waals surface area contributed by atoms with E-state index in [4.69, 9.17) is 0 Å². The molecule has 0 atom stereocenters. The van der Waals surface area contributed by atoms with Crippen LogP contribution in [0.3, 0.4) is 0 Å². The third kappa shape index (κ3) is 7.56. The van der Waals surface area contributed by atoms with Gasteiger partial charge >= 0.3 is 0 Å². The molecule has 0 radical (unpaired) electrons. The number of piperidine rings is 1. The maximum Gasteiger partial charge on any atom is 0.0575 e. The van der Waals surface area contributed by atoms with Gasteiger partial charge in [-0.2, -0.15) is 0 Å². The Morgan fingerprint density at radius 1 is 0.739 bits per heavy atom. The van der Waals surface area contributed by atoms with Gasteiger partial charge in [0, 0.05) is 11.1 Å². The van der Waals surface area contributed by atoms with Crippen molar-refractivity contribution in [1.29, 1.82) is 0 Å². The molecule has 0 bridgehead atoms. The first kappa shape index (κ1) is 21.0. The van der Waals surface area contributed by atoms with Gasteiger partial charge in [0.15, 0.2) is 0 Å². The Balaban J connectivity index is 2.14. The van der Waals surface area contributed by atoms with Crippen LogP contribution in [0.15, 0.2) is 0 Å². The van der Waals surface area contributed by atoms with Crippen LogP contribution < -0.4 is 0 Å². The maximum atomic E-state index is 10.1. The van der Waals surface area contributed by atoms with Crippen LogP contribution in [0.1, 0.15) is 112 Å². The van der Waals surface area contributed by atoms with E-state index in [9.17, 15) is 5.11 Å². The third-order valence-corrected chi connectivity index (χ3v) is 5.67. The standard InChI is InChI=1S/C21H43NO/c1-6-7-8-9-10-11-12-13-14-15-16-22-20(2,3)17-19(23)18-21(22,4)5/h19,23H,6-18H2,1-5H3. The van der Waals surface area contributed by atoms with Crippen molar-refractivity contribution in [2.24, 2.45) is 0 Å². The van der Waals surface area contributed by atoms with Crippen molar-refractivity contribution in [2.45, 2.75) is 129 Å². The van der Waals surface area contributed by atoms with Crippen LogP contribution in [0.4, 0.5) is 0 Å². The van der Waals surface area contributed by atoms with Gasteiger partial charge in [0.1, 0.15) is 0 Å². The number of rotatable bonds is 11. The average molecular weight is 326 g/mol. The van der Waals surface area contributed by atoms with Gasteiger partial charge in [0.05, 0.1) is 6.10 Å². The minimum atomic E-state index is -0.135. The van der Waals surface area contributed by atoms with Gasteiger partial charge in [0.25, 0.3) is 0 Å². The second-order valence-electron chi connectivity index (χ2n) is 9.02. The maximum absolute atomic E-state index is 10.1. The Labute approximate surface area is 146 Å². The lowest BCUT2D eigenvalue weighted by Gasteiger charge is -2.54. The van der Waals surface area contributed by atoms with E-state index in [0.29, 0.717) is 0 Å². The van der Waals surface area contributed by atoms with E-state index in [1.165, 1.54) is 70.8 Å². The predicted octanol–water partition coefficient (Wildman–Crippen LogP) is 5.92. The quantitative estimate of drug-likeness (QED) is 0.476. The van der Waals surface area contributed by atoms with E-state index in [-0.39, 0.29) is 17.2 Å². The second-order valence-corrected chi connectivity index (χ2v) is 9.02. The number of hydrogen-bond donors (Lipinski definition) is 1. The summed E-state index contributed by atoms with van der Waals surface area (Å²) in [5.41, 5.74) is 0.251. The van der Waals surface area contributed by atoms with Gasteiger partial charge in [-0.3, -0.25) is 4.90 Å². The topological polar surface area (TPSA) is 23.5 Å². The minimum Gasteiger partial charge on any atom is -0.393 e. The summed E-state index contributed by atoms with van der Waals surface area (Å²) in [4.78, 5) is 2.65. The molecule has 1 fully saturated rings. The first-order valence-corrected chi connectivity index (χ1v) is 10.3. The van der Waals surface area contributed by atoms with Crippen LogP contribution in [0.5, 0.6) is 0 Å². The monoisotopic (exact) mass is 325 g/mol. The highest BCUT2D eigenvalue weighted by atomic mass is 16.3. The predicted molar refractivity (Wildman–Crippen MR) is 102 cm³/mol. The Kier molecular flexibility index (Phi) is 9.15. The molecule has 2 nitrogen and oxygen atoms in total. The van der Waals surface area contributed by atoms with Crippen LogP contribution in [0.2, 0.25) is 0 Å². The molecule has 1 aliphatic heterocycles. The SMILES string of the molecule is CCCCCCCCCCCCN1C(C)(C)CC(O)CC1(C)C. The Hall–Kier alpha value is -0.0800. The number of aliphatic hydroxyl groups is 1. The average Bonchev–Trinajstić information content (AvgIpc) is 2.41. The molecule has 0 aromatic rings. The second kappa shape index (κ2) is 10.0. The largest absolute Gasteiger partial charge is 0.393 e. The van der Waals surface area contributed by atoms with E-state index >= 15 is 0 Å². The summed E-state index contributed by atoms with van der Waals surface area (Å²) in [6.07, 6.45) is 15.7. The first-order valence-electron chi connectivity index (χ1n) is 10.3. The number of unbranched alkanes of at least 4 members (excludes halogenated alkanes) is 9. The molecule has 1 aliphatic rings. The van der Waals surface area contributed by atoms with Gasteiger partial charge in [0.2, 0.25) is 0 Å². The molecule has 2 heteroatoms. The van der Waals surface area contributed by atoms with Crippen molar-refractivity contribution in [3.05, 3.63) is 0 Å². The molecule has 23 heavy (non-hydrogen) atoms.